The molecule has 1 atom stereocenters. The van der Waals surface area contributed by atoms with Crippen LogP contribution in [0.4, 0.5) is 4.79 Å². The first kappa shape index (κ1) is 14.7. The molecule has 0 saturated heterocycles. The second kappa shape index (κ2) is 6.32. The topological polar surface area (TPSA) is 102 Å². The molecule has 16 heavy (non-hydrogen) atoms. The summed E-state index contributed by atoms with van der Waals surface area (Å²) in [4.78, 5) is 21.7. The van der Waals surface area contributed by atoms with Crippen LogP contribution in [0.15, 0.2) is 0 Å². The summed E-state index contributed by atoms with van der Waals surface area (Å²) < 4.78 is 5.02. The highest BCUT2D eigenvalue weighted by atomic mass is 16.6. The van der Waals surface area contributed by atoms with Gasteiger partial charge < -0.3 is 20.9 Å². The van der Waals surface area contributed by atoms with E-state index in [-0.39, 0.29) is 19.0 Å². The van der Waals surface area contributed by atoms with Crippen LogP contribution in [0.25, 0.3) is 0 Å². The molecular weight excluding hydrogens is 212 g/mol. The van der Waals surface area contributed by atoms with E-state index in [2.05, 4.69) is 5.32 Å². The van der Waals surface area contributed by atoms with Crippen LogP contribution in [-0.4, -0.2) is 35.4 Å². The SMILES string of the molecule is CC(C)(C)OC(=O)NC(CN)CCC(=O)O. The van der Waals surface area contributed by atoms with Crippen LogP contribution < -0.4 is 11.1 Å². The Morgan fingerprint density at radius 1 is 1.44 bits per heavy atom. The highest BCUT2D eigenvalue weighted by Crippen LogP contribution is 2.07. The van der Waals surface area contributed by atoms with Crippen molar-refractivity contribution < 1.29 is 19.4 Å². The van der Waals surface area contributed by atoms with Crippen molar-refractivity contribution in [2.24, 2.45) is 5.73 Å². The molecule has 0 rings (SSSR count). The van der Waals surface area contributed by atoms with E-state index in [1.54, 1.807) is 20.8 Å². The third kappa shape index (κ3) is 8.05. The largest absolute Gasteiger partial charge is 0.481 e. The molecule has 0 spiro atoms. The van der Waals surface area contributed by atoms with E-state index >= 15 is 0 Å². The van der Waals surface area contributed by atoms with E-state index in [1.807, 2.05) is 0 Å². The normalized spacial score (nSPS) is 13.0. The van der Waals surface area contributed by atoms with Gasteiger partial charge in [0.25, 0.3) is 0 Å². The number of aliphatic carboxylic acids is 1. The zero-order valence-corrected chi connectivity index (χ0v) is 9.95. The summed E-state index contributed by atoms with van der Waals surface area (Å²) in [7, 11) is 0. The third-order valence-electron chi connectivity index (χ3n) is 1.71. The molecule has 0 saturated carbocycles. The predicted molar refractivity (Wildman–Crippen MR) is 59.1 cm³/mol. The quantitative estimate of drug-likeness (QED) is 0.647. The molecular formula is C10H20N2O4. The summed E-state index contributed by atoms with van der Waals surface area (Å²) in [5.74, 6) is -0.913. The Bertz CT molecular complexity index is 248. The van der Waals surface area contributed by atoms with E-state index in [9.17, 15) is 9.59 Å². The fraction of sp³-hybridized carbons (Fsp3) is 0.800. The number of carbonyl (C=O) groups is 2. The number of carboxylic acid groups (broad SMARTS) is 1. The molecule has 4 N–H and O–H groups in total. The van der Waals surface area contributed by atoms with E-state index < -0.39 is 17.7 Å². The highest BCUT2D eigenvalue weighted by molar-refractivity contribution is 5.69. The summed E-state index contributed by atoms with van der Waals surface area (Å²) in [6.07, 6.45) is -0.309. The minimum Gasteiger partial charge on any atom is -0.481 e. The number of nitrogens with one attached hydrogen (secondary N) is 1. The van der Waals surface area contributed by atoms with Gasteiger partial charge in [0, 0.05) is 19.0 Å². The van der Waals surface area contributed by atoms with Crippen LogP contribution in [0.3, 0.4) is 0 Å². The van der Waals surface area contributed by atoms with Crippen LogP contribution in [-0.2, 0) is 9.53 Å². The second-order valence-electron chi connectivity index (χ2n) is 4.51. The Balaban J connectivity index is 4.02. The van der Waals surface area contributed by atoms with E-state index in [1.165, 1.54) is 0 Å². The van der Waals surface area contributed by atoms with Crippen molar-refractivity contribution in [3.8, 4) is 0 Å². The first-order valence-corrected chi connectivity index (χ1v) is 5.16. The van der Waals surface area contributed by atoms with Gasteiger partial charge in [0.05, 0.1) is 0 Å². The minimum absolute atomic E-state index is 0.0301. The molecule has 0 aromatic heterocycles. The Hall–Kier alpha value is -1.30. The number of carbonyl (C=O) groups excluding carboxylic acids is 1. The van der Waals surface area contributed by atoms with Gasteiger partial charge in [-0.3, -0.25) is 4.79 Å². The van der Waals surface area contributed by atoms with Gasteiger partial charge in [-0.15, -0.1) is 0 Å². The smallest absolute Gasteiger partial charge is 0.407 e. The first-order valence-electron chi connectivity index (χ1n) is 5.16. The first-order chi connectivity index (χ1) is 7.24. The lowest BCUT2D eigenvalue weighted by atomic mass is 10.1. The molecule has 1 amide bonds. The third-order valence-corrected chi connectivity index (χ3v) is 1.71. The number of carboxylic acids is 1. The van der Waals surface area contributed by atoms with Gasteiger partial charge in [-0.2, -0.15) is 0 Å². The summed E-state index contributed by atoms with van der Waals surface area (Å²) >= 11 is 0. The Morgan fingerprint density at radius 2 is 2.00 bits per heavy atom. The summed E-state index contributed by atoms with van der Waals surface area (Å²) in [6, 6.07) is -0.369. The van der Waals surface area contributed by atoms with Gasteiger partial charge in [0.15, 0.2) is 0 Å². The number of hydrogen-bond donors (Lipinski definition) is 3. The maximum absolute atomic E-state index is 11.3. The summed E-state index contributed by atoms with van der Waals surface area (Å²) in [6.45, 7) is 5.44. The maximum atomic E-state index is 11.3. The Labute approximate surface area is 95.1 Å². The van der Waals surface area contributed by atoms with Gasteiger partial charge in [-0.1, -0.05) is 0 Å². The van der Waals surface area contributed by atoms with Crippen molar-refractivity contribution in [1.82, 2.24) is 5.32 Å². The molecule has 0 aliphatic carbocycles. The van der Waals surface area contributed by atoms with Crippen LogP contribution >= 0.6 is 0 Å². The van der Waals surface area contributed by atoms with Crippen molar-refractivity contribution in [2.75, 3.05) is 6.54 Å². The van der Waals surface area contributed by atoms with Gasteiger partial charge in [-0.25, -0.2) is 4.79 Å². The van der Waals surface area contributed by atoms with Gasteiger partial charge in [0.1, 0.15) is 5.60 Å². The molecule has 1 unspecified atom stereocenters. The predicted octanol–water partition coefficient (Wildman–Crippen LogP) is 0.703. The summed E-state index contributed by atoms with van der Waals surface area (Å²) in [5, 5.41) is 11.0. The standard InChI is InChI=1S/C10H20N2O4/c1-10(2,3)16-9(15)12-7(6-11)4-5-8(13)14/h7H,4-6,11H2,1-3H3,(H,12,15)(H,13,14). The number of amides is 1. The van der Waals surface area contributed by atoms with Gasteiger partial charge in [-0.05, 0) is 27.2 Å². The zero-order valence-electron chi connectivity index (χ0n) is 9.95. The molecule has 0 aliphatic heterocycles. The Morgan fingerprint density at radius 3 is 2.38 bits per heavy atom. The second-order valence-corrected chi connectivity index (χ2v) is 4.51. The fourth-order valence-corrected chi connectivity index (χ4v) is 1.02. The van der Waals surface area contributed by atoms with Gasteiger partial charge >= 0.3 is 12.1 Å². The average molecular weight is 232 g/mol. The molecule has 0 fully saturated rings. The maximum Gasteiger partial charge on any atom is 0.407 e. The van der Waals surface area contributed by atoms with Crippen molar-refractivity contribution in [3.63, 3.8) is 0 Å². The van der Waals surface area contributed by atoms with Crippen LogP contribution in [0.5, 0.6) is 0 Å². The van der Waals surface area contributed by atoms with E-state index in [0.717, 1.165) is 0 Å². The van der Waals surface area contributed by atoms with Crippen LogP contribution in [0, 0.1) is 0 Å². The minimum atomic E-state index is -0.913. The van der Waals surface area contributed by atoms with E-state index in [0.29, 0.717) is 6.42 Å². The molecule has 6 heteroatoms. The van der Waals surface area contributed by atoms with E-state index in [4.69, 9.17) is 15.6 Å². The lowest BCUT2D eigenvalue weighted by molar-refractivity contribution is -0.137. The number of ether oxygens (including phenoxy) is 1. The molecule has 94 valence electrons. The number of alkyl carbamates (subject to hydrolysis) is 1. The van der Waals surface area contributed by atoms with Crippen LogP contribution in [0.1, 0.15) is 33.6 Å². The number of hydrogen-bond acceptors (Lipinski definition) is 4. The molecule has 0 aromatic carbocycles. The molecule has 6 nitrogen and oxygen atoms in total. The fourth-order valence-electron chi connectivity index (χ4n) is 1.02. The average Bonchev–Trinajstić information content (AvgIpc) is 2.08. The molecule has 0 bridgehead atoms. The van der Waals surface area contributed by atoms with Crippen LogP contribution in [0.2, 0.25) is 0 Å². The highest BCUT2D eigenvalue weighted by Gasteiger charge is 2.19. The van der Waals surface area contributed by atoms with Gasteiger partial charge in [0.2, 0.25) is 0 Å². The molecule has 0 heterocycles. The molecule has 0 aromatic rings. The number of nitrogens with two attached hydrogens (primary N) is 1. The number of rotatable bonds is 5. The zero-order chi connectivity index (χ0) is 12.8. The van der Waals surface area contributed by atoms with Crippen molar-refractivity contribution in [3.05, 3.63) is 0 Å². The lowest BCUT2D eigenvalue weighted by Crippen LogP contribution is -2.43. The molecule has 0 radical (unpaired) electrons. The van der Waals surface area contributed by atoms with Crippen molar-refractivity contribution in [1.29, 1.82) is 0 Å². The van der Waals surface area contributed by atoms with Crippen molar-refractivity contribution in [2.45, 2.75) is 45.3 Å². The summed E-state index contributed by atoms with van der Waals surface area (Å²) in [5.41, 5.74) is 4.83. The Kier molecular flexibility index (Phi) is 5.81. The monoisotopic (exact) mass is 232 g/mol. The van der Waals surface area contributed by atoms with Crippen molar-refractivity contribution >= 4 is 12.1 Å². The lowest BCUT2D eigenvalue weighted by Gasteiger charge is -2.22. The molecule has 0 aliphatic rings.